The van der Waals surface area contributed by atoms with Gasteiger partial charge in [0.25, 0.3) is 0 Å². The van der Waals surface area contributed by atoms with Crippen molar-refractivity contribution in [3.8, 4) is 0 Å². The van der Waals surface area contributed by atoms with Crippen LogP contribution in [-0.4, -0.2) is 38.6 Å². The maximum Gasteiger partial charge on any atom is 0.305 e. The first-order valence-corrected chi connectivity index (χ1v) is 5.77. The van der Waals surface area contributed by atoms with E-state index in [1.54, 1.807) is 14.0 Å². The van der Waals surface area contributed by atoms with Crippen molar-refractivity contribution in [2.75, 3.05) is 26.7 Å². The van der Waals surface area contributed by atoms with Crippen molar-refractivity contribution in [2.45, 2.75) is 32.6 Å². The van der Waals surface area contributed by atoms with E-state index < -0.39 is 0 Å². The summed E-state index contributed by atoms with van der Waals surface area (Å²) in [6.07, 6.45) is 3.28. The van der Waals surface area contributed by atoms with Crippen molar-refractivity contribution >= 4 is 11.9 Å². The van der Waals surface area contributed by atoms with Crippen LogP contribution in [0.3, 0.4) is 0 Å². The van der Waals surface area contributed by atoms with Gasteiger partial charge in [-0.15, -0.1) is 0 Å². The summed E-state index contributed by atoms with van der Waals surface area (Å²) in [6, 6.07) is 0. The number of nitrogens with one attached hydrogen (secondary N) is 2. The number of rotatable bonds is 9. The summed E-state index contributed by atoms with van der Waals surface area (Å²) in [5.41, 5.74) is 0. The van der Waals surface area contributed by atoms with Gasteiger partial charge < -0.3 is 15.4 Å². The van der Waals surface area contributed by atoms with Crippen LogP contribution in [0.1, 0.15) is 32.6 Å². The highest BCUT2D eigenvalue weighted by Crippen LogP contribution is 2.00. The van der Waals surface area contributed by atoms with Gasteiger partial charge >= 0.3 is 5.97 Å². The van der Waals surface area contributed by atoms with Crippen LogP contribution in [0.4, 0.5) is 0 Å². The summed E-state index contributed by atoms with van der Waals surface area (Å²) in [7, 11) is 1.61. The van der Waals surface area contributed by atoms with Gasteiger partial charge in [0, 0.05) is 13.5 Å². The number of unbranched alkanes of at least 4 members (excludes halogenated alkanes) is 2. The maximum absolute atomic E-state index is 11.0. The van der Waals surface area contributed by atoms with Crippen LogP contribution in [0.15, 0.2) is 0 Å². The molecule has 0 aliphatic rings. The molecule has 0 aromatic rings. The molecule has 0 spiro atoms. The zero-order chi connectivity index (χ0) is 12.2. The molecule has 0 radical (unpaired) electrons. The highest BCUT2D eigenvalue weighted by Gasteiger charge is 2.00. The fourth-order valence-corrected chi connectivity index (χ4v) is 1.22. The minimum absolute atomic E-state index is 0.00785. The Morgan fingerprint density at radius 3 is 2.56 bits per heavy atom. The first kappa shape index (κ1) is 14.9. The van der Waals surface area contributed by atoms with Crippen LogP contribution in [0.25, 0.3) is 0 Å². The van der Waals surface area contributed by atoms with Crippen LogP contribution >= 0.6 is 0 Å². The lowest BCUT2D eigenvalue weighted by atomic mass is 10.2. The highest BCUT2D eigenvalue weighted by molar-refractivity contribution is 5.77. The Hall–Kier alpha value is -1.10. The molecule has 0 rings (SSSR count). The number of amides is 1. The number of carbonyl (C=O) groups excluding carboxylic acids is 2. The third-order valence-electron chi connectivity index (χ3n) is 2.10. The Morgan fingerprint density at radius 1 is 1.19 bits per heavy atom. The standard InChI is InChI=1S/C11H22N2O3/c1-3-16-11(15)7-5-4-6-8-13-9-10(14)12-2/h13H,3-9H2,1-2H3,(H,12,14). The normalized spacial score (nSPS) is 9.88. The van der Waals surface area contributed by atoms with E-state index in [1.165, 1.54) is 0 Å². The quantitative estimate of drug-likeness (QED) is 0.445. The minimum atomic E-state index is -0.124. The van der Waals surface area contributed by atoms with Gasteiger partial charge in [0.15, 0.2) is 0 Å². The Morgan fingerprint density at radius 2 is 1.94 bits per heavy atom. The molecule has 0 fully saturated rings. The van der Waals surface area contributed by atoms with Gasteiger partial charge in [0.2, 0.25) is 5.91 Å². The fourth-order valence-electron chi connectivity index (χ4n) is 1.22. The second-order valence-electron chi connectivity index (χ2n) is 3.47. The molecular formula is C11H22N2O3. The molecular weight excluding hydrogens is 208 g/mol. The van der Waals surface area contributed by atoms with E-state index in [0.717, 1.165) is 25.8 Å². The molecule has 0 aromatic heterocycles. The van der Waals surface area contributed by atoms with Crippen molar-refractivity contribution in [1.29, 1.82) is 0 Å². The molecule has 2 N–H and O–H groups in total. The van der Waals surface area contributed by atoms with Gasteiger partial charge in [0.05, 0.1) is 13.2 Å². The number of esters is 1. The summed E-state index contributed by atoms with van der Waals surface area (Å²) in [5.74, 6) is -0.132. The first-order valence-electron chi connectivity index (χ1n) is 5.77. The number of hydrogen-bond acceptors (Lipinski definition) is 4. The molecule has 16 heavy (non-hydrogen) atoms. The van der Waals surface area contributed by atoms with Crippen molar-refractivity contribution in [3.63, 3.8) is 0 Å². The molecule has 1 amide bonds. The number of hydrogen-bond donors (Lipinski definition) is 2. The second kappa shape index (κ2) is 10.4. The van der Waals surface area contributed by atoms with Crippen molar-refractivity contribution in [2.24, 2.45) is 0 Å². The molecule has 94 valence electrons. The van der Waals surface area contributed by atoms with E-state index in [-0.39, 0.29) is 11.9 Å². The largest absolute Gasteiger partial charge is 0.466 e. The SMILES string of the molecule is CCOC(=O)CCCCCNCC(=O)NC. The zero-order valence-corrected chi connectivity index (χ0v) is 10.2. The molecule has 5 nitrogen and oxygen atoms in total. The molecule has 0 atom stereocenters. The Labute approximate surface area is 96.9 Å². The van der Waals surface area contributed by atoms with Gasteiger partial charge in [-0.25, -0.2) is 0 Å². The monoisotopic (exact) mass is 230 g/mol. The minimum Gasteiger partial charge on any atom is -0.466 e. The van der Waals surface area contributed by atoms with E-state index in [1.807, 2.05) is 0 Å². The predicted octanol–water partition coefficient (Wildman–Crippen LogP) is 0.446. The molecule has 0 unspecified atom stereocenters. The van der Waals surface area contributed by atoms with Crippen molar-refractivity contribution < 1.29 is 14.3 Å². The van der Waals surface area contributed by atoms with Crippen LogP contribution in [0, 0.1) is 0 Å². The predicted molar refractivity (Wildman–Crippen MR) is 62.0 cm³/mol. The molecule has 0 heterocycles. The van der Waals surface area contributed by atoms with E-state index >= 15 is 0 Å². The molecule has 0 aliphatic carbocycles. The Kier molecular flexibility index (Phi) is 9.70. The third-order valence-corrected chi connectivity index (χ3v) is 2.10. The summed E-state index contributed by atoms with van der Waals surface area (Å²) in [4.78, 5) is 21.8. The lowest BCUT2D eigenvalue weighted by Gasteiger charge is -2.04. The molecule has 0 bridgehead atoms. The molecule has 5 heteroatoms. The summed E-state index contributed by atoms with van der Waals surface area (Å²) < 4.78 is 4.81. The summed E-state index contributed by atoms with van der Waals surface area (Å²) in [6.45, 7) is 3.41. The lowest BCUT2D eigenvalue weighted by molar-refractivity contribution is -0.143. The van der Waals surface area contributed by atoms with E-state index in [4.69, 9.17) is 4.74 Å². The van der Waals surface area contributed by atoms with Crippen LogP contribution < -0.4 is 10.6 Å². The van der Waals surface area contributed by atoms with E-state index in [0.29, 0.717) is 19.6 Å². The van der Waals surface area contributed by atoms with Crippen LogP contribution in [0.5, 0.6) is 0 Å². The van der Waals surface area contributed by atoms with Gasteiger partial charge in [-0.3, -0.25) is 9.59 Å². The third kappa shape index (κ3) is 9.45. The van der Waals surface area contributed by atoms with Gasteiger partial charge in [-0.2, -0.15) is 0 Å². The van der Waals surface area contributed by atoms with Gasteiger partial charge in [-0.05, 0) is 26.3 Å². The lowest BCUT2D eigenvalue weighted by Crippen LogP contribution is -2.31. The second-order valence-corrected chi connectivity index (χ2v) is 3.47. The fraction of sp³-hybridized carbons (Fsp3) is 0.818. The van der Waals surface area contributed by atoms with Crippen LogP contribution in [0.2, 0.25) is 0 Å². The number of carbonyl (C=O) groups is 2. The molecule has 0 saturated carbocycles. The zero-order valence-electron chi connectivity index (χ0n) is 10.2. The van der Waals surface area contributed by atoms with E-state index in [2.05, 4.69) is 10.6 Å². The topological polar surface area (TPSA) is 67.4 Å². The highest BCUT2D eigenvalue weighted by atomic mass is 16.5. The Bertz CT molecular complexity index is 207. The van der Waals surface area contributed by atoms with E-state index in [9.17, 15) is 9.59 Å². The number of likely N-dealkylation sites (N-methyl/N-ethyl adjacent to an activating group) is 1. The van der Waals surface area contributed by atoms with Crippen molar-refractivity contribution in [1.82, 2.24) is 10.6 Å². The van der Waals surface area contributed by atoms with Crippen molar-refractivity contribution in [3.05, 3.63) is 0 Å². The molecule has 0 aliphatic heterocycles. The smallest absolute Gasteiger partial charge is 0.305 e. The van der Waals surface area contributed by atoms with Gasteiger partial charge in [-0.1, -0.05) is 6.42 Å². The average molecular weight is 230 g/mol. The number of ether oxygens (including phenoxy) is 1. The first-order chi connectivity index (χ1) is 7.70. The Balaban J connectivity index is 3.15. The maximum atomic E-state index is 11.0. The van der Waals surface area contributed by atoms with Gasteiger partial charge in [0.1, 0.15) is 0 Å². The molecule has 0 saturated heterocycles. The molecule has 0 aromatic carbocycles. The van der Waals surface area contributed by atoms with Crippen LogP contribution in [-0.2, 0) is 14.3 Å². The average Bonchev–Trinajstić information content (AvgIpc) is 2.27. The summed E-state index contributed by atoms with van der Waals surface area (Å²) >= 11 is 0. The summed E-state index contributed by atoms with van der Waals surface area (Å²) in [5, 5.41) is 5.55.